The fourth-order valence-electron chi connectivity index (χ4n) is 0.882. The molecule has 2 heteroatoms. The lowest BCUT2D eigenvalue weighted by Gasteiger charge is -2.02. The second kappa shape index (κ2) is 8.54. The summed E-state index contributed by atoms with van der Waals surface area (Å²) in [5.41, 5.74) is 0.675. The highest BCUT2D eigenvalue weighted by Gasteiger charge is 2.02. The summed E-state index contributed by atoms with van der Waals surface area (Å²) >= 11 is 0. The van der Waals surface area contributed by atoms with Gasteiger partial charge in [0, 0.05) is 5.57 Å². The zero-order chi connectivity index (χ0) is 10.8. The van der Waals surface area contributed by atoms with E-state index < -0.39 is 0 Å². The first-order valence-electron chi connectivity index (χ1n) is 5.17. The predicted octanol–water partition coefficient (Wildman–Crippen LogP) is 3.24. The molecule has 0 saturated heterocycles. The zero-order valence-electron chi connectivity index (χ0n) is 9.38. The smallest absolute Gasteiger partial charge is 0.333 e. The maximum atomic E-state index is 11.2. The number of hydrogen-bond donors (Lipinski definition) is 0. The Bertz CT molecular complexity index is 214. The molecule has 0 fully saturated rings. The van der Waals surface area contributed by atoms with Crippen molar-refractivity contribution >= 4 is 5.97 Å². The highest BCUT2D eigenvalue weighted by molar-refractivity contribution is 5.87. The third kappa shape index (κ3) is 6.46. The molecule has 0 atom stereocenters. The number of allylic oxidation sites excluding steroid dienone is 3. The van der Waals surface area contributed by atoms with E-state index in [0.717, 1.165) is 19.3 Å². The van der Waals surface area contributed by atoms with Crippen LogP contribution in [0.5, 0.6) is 0 Å². The first-order valence-corrected chi connectivity index (χ1v) is 5.17. The predicted molar refractivity (Wildman–Crippen MR) is 59.1 cm³/mol. The zero-order valence-corrected chi connectivity index (χ0v) is 9.38. The maximum Gasteiger partial charge on any atom is 0.333 e. The monoisotopic (exact) mass is 196 g/mol. The molecule has 2 nitrogen and oxygen atoms in total. The van der Waals surface area contributed by atoms with Gasteiger partial charge in [0.25, 0.3) is 0 Å². The van der Waals surface area contributed by atoms with Crippen molar-refractivity contribution in [1.82, 2.24) is 0 Å². The van der Waals surface area contributed by atoms with Gasteiger partial charge in [-0.25, -0.2) is 4.79 Å². The summed E-state index contributed by atoms with van der Waals surface area (Å²) in [7, 11) is 0. The van der Waals surface area contributed by atoms with Crippen molar-refractivity contribution in [3.63, 3.8) is 0 Å². The molecule has 0 bridgehead atoms. The Morgan fingerprint density at radius 2 is 2.07 bits per heavy atom. The molecule has 0 spiro atoms. The molecule has 0 heterocycles. The lowest BCUT2D eigenvalue weighted by Crippen LogP contribution is -2.06. The fourth-order valence-corrected chi connectivity index (χ4v) is 0.882. The molecule has 0 amide bonds. The third-order valence-electron chi connectivity index (χ3n) is 1.91. The summed E-state index contributed by atoms with van der Waals surface area (Å²) in [4.78, 5) is 11.2. The van der Waals surface area contributed by atoms with Gasteiger partial charge < -0.3 is 4.74 Å². The van der Waals surface area contributed by atoms with E-state index in [9.17, 15) is 4.79 Å². The van der Waals surface area contributed by atoms with Gasteiger partial charge in [-0.2, -0.15) is 0 Å². The molecule has 0 aliphatic rings. The van der Waals surface area contributed by atoms with Crippen molar-refractivity contribution in [2.24, 2.45) is 0 Å². The summed E-state index contributed by atoms with van der Waals surface area (Å²) in [6, 6.07) is 0. The van der Waals surface area contributed by atoms with E-state index in [1.807, 2.05) is 6.92 Å². The van der Waals surface area contributed by atoms with Crippen LogP contribution in [0.4, 0.5) is 0 Å². The molecule has 0 unspecified atom stereocenters. The normalized spacial score (nSPS) is 12.1. The van der Waals surface area contributed by atoms with E-state index in [0.29, 0.717) is 12.2 Å². The van der Waals surface area contributed by atoms with Crippen LogP contribution in [-0.2, 0) is 9.53 Å². The first kappa shape index (κ1) is 12.9. The average molecular weight is 196 g/mol. The van der Waals surface area contributed by atoms with Crippen LogP contribution in [0, 0.1) is 0 Å². The number of hydrogen-bond acceptors (Lipinski definition) is 2. The number of ether oxygens (including phenoxy) is 1. The quantitative estimate of drug-likeness (QED) is 0.282. The van der Waals surface area contributed by atoms with E-state index >= 15 is 0 Å². The van der Waals surface area contributed by atoms with Gasteiger partial charge in [0.05, 0.1) is 6.61 Å². The lowest BCUT2D eigenvalue weighted by atomic mass is 10.3. The van der Waals surface area contributed by atoms with Gasteiger partial charge in [0.15, 0.2) is 0 Å². The van der Waals surface area contributed by atoms with Gasteiger partial charge in [-0.05, 0) is 33.1 Å². The third-order valence-corrected chi connectivity index (χ3v) is 1.91. The molecule has 14 heavy (non-hydrogen) atoms. The average Bonchev–Trinajstić information content (AvgIpc) is 2.21. The van der Waals surface area contributed by atoms with Crippen molar-refractivity contribution in [2.45, 2.75) is 40.0 Å². The van der Waals surface area contributed by atoms with Crippen LogP contribution < -0.4 is 0 Å². The molecule has 0 saturated carbocycles. The topological polar surface area (TPSA) is 26.3 Å². The second-order valence-electron chi connectivity index (χ2n) is 3.13. The van der Waals surface area contributed by atoms with Crippen LogP contribution in [0.1, 0.15) is 40.0 Å². The molecule has 0 N–H and O–H groups in total. The number of esters is 1. The molecule has 0 aromatic heterocycles. The van der Waals surface area contributed by atoms with Crippen LogP contribution in [0.15, 0.2) is 23.8 Å². The van der Waals surface area contributed by atoms with Crippen molar-refractivity contribution in [2.75, 3.05) is 6.61 Å². The Morgan fingerprint density at radius 1 is 1.36 bits per heavy atom. The lowest BCUT2D eigenvalue weighted by molar-refractivity contribution is -0.139. The first-order chi connectivity index (χ1) is 6.72. The highest BCUT2D eigenvalue weighted by atomic mass is 16.5. The molecular weight excluding hydrogens is 176 g/mol. The van der Waals surface area contributed by atoms with Crippen molar-refractivity contribution in [1.29, 1.82) is 0 Å². The van der Waals surface area contributed by atoms with Crippen LogP contribution in [0.25, 0.3) is 0 Å². The fraction of sp³-hybridized carbons (Fsp3) is 0.583. The van der Waals surface area contributed by atoms with Crippen molar-refractivity contribution in [3.05, 3.63) is 23.8 Å². The summed E-state index contributed by atoms with van der Waals surface area (Å²) in [5.74, 6) is -0.202. The largest absolute Gasteiger partial charge is 0.462 e. The van der Waals surface area contributed by atoms with Crippen molar-refractivity contribution < 1.29 is 9.53 Å². The van der Waals surface area contributed by atoms with Crippen LogP contribution in [0.3, 0.4) is 0 Å². The van der Waals surface area contributed by atoms with Crippen LogP contribution in [0.2, 0.25) is 0 Å². The SMILES string of the molecule is C/C=C(\C)C(=O)OCCC/C=C/CC. The standard InChI is InChI=1S/C12H20O2/c1-4-6-7-8-9-10-14-12(13)11(3)5-2/h5-7H,4,8-10H2,1-3H3/b7-6+,11-5+. The Labute approximate surface area is 86.6 Å². The van der Waals surface area contributed by atoms with Crippen molar-refractivity contribution in [3.8, 4) is 0 Å². The van der Waals surface area contributed by atoms with E-state index in [2.05, 4.69) is 19.1 Å². The molecular formula is C12H20O2. The van der Waals surface area contributed by atoms with E-state index in [1.165, 1.54) is 0 Å². The number of carbonyl (C=O) groups is 1. The molecule has 0 radical (unpaired) electrons. The summed E-state index contributed by atoms with van der Waals surface area (Å²) < 4.78 is 5.03. The van der Waals surface area contributed by atoms with Gasteiger partial charge in [0.2, 0.25) is 0 Å². The summed E-state index contributed by atoms with van der Waals surface area (Å²) in [6.07, 6.45) is 8.96. The van der Waals surface area contributed by atoms with Gasteiger partial charge in [-0.15, -0.1) is 0 Å². The Hall–Kier alpha value is -1.05. The van der Waals surface area contributed by atoms with Crippen LogP contribution in [-0.4, -0.2) is 12.6 Å². The van der Waals surface area contributed by atoms with Gasteiger partial charge >= 0.3 is 5.97 Å². The van der Waals surface area contributed by atoms with E-state index in [4.69, 9.17) is 4.74 Å². The second-order valence-corrected chi connectivity index (χ2v) is 3.13. The van der Waals surface area contributed by atoms with Gasteiger partial charge in [-0.1, -0.05) is 25.2 Å². The number of rotatable bonds is 6. The minimum Gasteiger partial charge on any atom is -0.462 e. The molecule has 0 aromatic carbocycles. The Balaban J connectivity index is 3.46. The number of unbranched alkanes of at least 4 members (excludes halogenated alkanes) is 1. The molecule has 0 aromatic rings. The molecule has 0 aliphatic carbocycles. The summed E-state index contributed by atoms with van der Waals surface area (Å²) in [5, 5.41) is 0. The Morgan fingerprint density at radius 3 is 2.64 bits per heavy atom. The van der Waals surface area contributed by atoms with E-state index in [-0.39, 0.29) is 5.97 Å². The van der Waals surface area contributed by atoms with Crippen LogP contribution >= 0.6 is 0 Å². The minimum absolute atomic E-state index is 0.202. The number of carbonyl (C=O) groups excluding carboxylic acids is 1. The Kier molecular flexibility index (Phi) is 7.90. The molecule has 0 rings (SSSR count). The summed E-state index contributed by atoms with van der Waals surface area (Å²) in [6.45, 7) is 6.21. The minimum atomic E-state index is -0.202. The van der Waals surface area contributed by atoms with Gasteiger partial charge in [0.1, 0.15) is 0 Å². The molecule has 0 aliphatic heterocycles. The highest BCUT2D eigenvalue weighted by Crippen LogP contribution is 1.99. The van der Waals surface area contributed by atoms with Gasteiger partial charge in [-0.3, -0.25) is 0 Å². The maximum absolute atomic E-state index is 11.2. The van der Waals surface area contributed by atoms with E-state index in [1.54, 1.807) is 13.0 Å². The molecule has 80 valence electrons.